The van der Waals surface area contributed by atoms with Gasteiger partial charge in [0.05, 0.1) is 13.2 Å². The summed E-state index contributed by atoms with van der Waals surface area (Å²) in [6.45, 7) is 1.45. The number of carbonyl (C=O) groups is 1. The highest BCUT2D eigenvalue weighted by molar-refractivity contribution is 7.47. The standard InChI is InChI=1S/C27H54NO7P/c1-2-3-4-5-6-7-8-9-10-11-12-13-14-15-16-17-18-19-20-21-27(30)33-24-26(29)25-35-36(31,32)34-23-22-28/h9-10,26,29H,2-8,11-25,28H2,1H3,(H,31,32)/b10-9-/t26-/m1/s1. The Kier molecular flexibility index (Phi) is 25.3. The Hall–Kier alpha value is -0.760. The minimum Gasteiger partial charge on any atom is -0.463 e. The first-order valence-electron chi connectivity index (χ1n) is 14.2. The normalized spacial score (nSPS) is 14.2. The van der Waals surface area contributed by atoms with Gasteiger partial charge >= 0.3 is 13.8 Å². The molecule has 0 heterocycles. The molecule has 0 aliphatic rings. The van der Waals surface area contributed by atoms with Crippen molar-refractivity contribution in [1.82, 2.24) is 0 Å². The molecule has 0 saturated carbocycles. The number of phosphoric acid groups is 1. The smallest absolute Gasteiger partial charge is 0.463 e. The van der Waals surface area contributed by atoms with E-state index in [0.29, 0.717) is 6.42 Å². The predicted octanol–water partition coefficient (Wildman–Crippen LogP) is 6.58. The van der Waals surface area contributed by atoms with Crippen molar-refractivity contribution < 1.29 is 33.1 Å². The number of allylic oxidation sites excluding steroid dienone is 2. The van der Waals surface area contributed by atoms with Gasteiger partial charge in [0, 0.05) is 13.0 Å². The van der Waals surface area contributed by atoms with Crippen molar-refractivity contribution in [3.8, 4) is 0 Å². The minimum absolute atomic E-state index is 0.0750. The van der Waals surface area contributed by atoms with Crippen LogP contribution < -0.4 is 5.73 Å². The number of hydrogen-bond acceptors (Lipinski definition) is 7. The van der Waals surface area contributed by atoms with Gasteiger partial charge in [0.2, 0.25) is 0 Å². The van der Waals surface area contributed by atoms with E-state index < -0.39 is 20.5 Å². The summed E-state index contributed by atoms with van der Waals surface area (Å²) in [5.41, 5.74) is 5.18. The summed E-state index contributed by atoms with van der Waals surface area (Å²) in [5, 5.41) is 9.70. The topological polar surface area (TPSA) is 128 Å². The van der Waals surface area contributed by atoms with E-state index in [1.165, 1.54) is 89.9 Å². The van der Waals surface area contributed by atoms with Gasteiger partial charge in [-0.15, -0.1) is 0 Å². The van der Waals surface area contributed by atoms with Crippen LogP contribution in [0.15, 0.2) is 12.2 Å². The zero-order chi connectivity index (χ0) is 26.7. The predicted molar refractivity (Wildman–Crippen MR) is 146 cm³/mol. The number of carbonyl (C=O) groups excluding carboxylic acids is 1. The number of nitrogens with two attached hydrogens (primary N) is 1. The molecule has 0 aliphatic heterocycles. The molecule has 4 N–H and O–H groups in total. The lowest BCUT2D eigenvalue weighted by Crippen LogP contribution is -2.23. The Balaban J connectivity index is 3.40. The maximum atomic E-state index is 11.8. The summed E-state index contributed by atoms with van der Waals surface area (Å²) in [5.74, 6) is -0.387. The molecule has 0 fully saturated rings. The lowest BCUT2D eigenvalue weighted by molar-refractivity contribution is -0.147. The molecule has 0 spiro atoms. The third-order valence-corrected chi connectivity index (χ3v) is 6.87. The highest BCUT2D eigenvalue weighted by Crippen LogP contribution is 2.42. The molecule has 1 unspecified atom stereocenters. The van der Waals surface area contributed by atoms with Crippen LogP contribution >= 0.6 is 7.82 Å². The highest BCUT2D eigenvalue weighted by atomic mass is 31.2. The van der Waals surface area contributed by atoms with Crippen molar-refractivity contribution in [2.24, 2.45) is 5.73 Å². The number of esters is 1. The van der Waals surface area contributed by atoms with Crippen LogP contribution in [0.5, 0.6) is 0 Å². The molecule has 0 aromatic carbocycles. The van der Waals surface area contributed by atoms with Crippen molar-refractivity contribution in [2.45, 2.75) is 129 Å². The number of unbranched alkanes of at least 4 members (excludes halogenated alkanes) is 15. The van der Waals surface area contributed by atoms with Crippen LogP contribution in [0.1, 0.15) is 122 Å². The molecule has 0 aliphatic carbocycles. The van der Waals surface area contributed by atoms with Crippen molar-refractivity contribution in [2.75, 3.05) is 26.4 Å². The second-order valence-corrected chi connectivity index (χ2v) is 10.9. The summed E-state index contributed by atoms with van der Waals surface area (Å²) >= 11 is 0. The molecule has 9 heteroatoms. The molecule has 0 radical (unpaired) electrons. The largest absolute Gasteiger partial charge is 0.472 e. The fraction of sp³-hybridized carbons (Fsp3) is 0.889. The number of aliphatic hydroxyl groups is 1. The summed E-state index contributed by atoms with van der Waals surface area (Å²) < 4.78 is 25.6. The lowest BCUT2D eigenvalue weighted by atomic mass is 10.1. The first kappa shape index (κ1) is 35.2. The van der Waals surface area contributed by atoms with Crippen molar-refractivity contribution in [1.29, 1.82) is 0 Å². The summed E-state index contributed by atoms with van der Waals surface area (Å²) in [7, 11) is -4.24. The highest BCUT2D eigenvalue weighted by Gasteiger charge is 2.22. The maximum Gasteiger partial charge on any atom is 0.472 e. The van der Waals surface area contributed by atoms with E-state index in [1.807, 2.05) is 0 Å². The average molecular weight is 536 g/mol. The molecule has 0 amide bonds. The zero-order valence-corrected chi connectivity index (χ0v) is 23.6. The van der Waals surface area contributed by atoms with Crippen LogP contribution in [0.3, 0.4) is 0 Å². The third kappa shape index (κ3) is 26.3. The maximum absolute atomic E-state index is 11.8. The van der Waals surface area contributed by atoms with Crippen LogP contribution in [0.4, 0.5) is 0 Å². The van der Waals surface area contributed by atoms with Crippen LogP contribution in [-0.2, 0) is 23.1 Å². The number of hydrogen-bond donors (Lipinski definition) is 3. The third-order valence-electron chi connectivity index (χ3n) is 5.88. The molecule has 0 aromatic rings. The van der Waals surface area contributed by atoms with Crippen LogP contribution in [-0.4, -0.2) is 48.4 Å². The van der Waals surface area contributed by atoms with Gasteiger partial charge in [-0.3, -0.25) is 13.8 Å². The molecular formula is C27H54NO7P. The number of phosphoric ester groups is 1. The minimum atomic E-state index is -4.24. The average Bonchev–Trinajstić information content (AvgIpc) is 2.86. The van der Waals surface area contributed by atoms with Crippen LogP contribution in [0.25, 0.3) is 0 Å². The van der Waals surface area contributed by atoms with Crippen LogP contribution in [0.2, 0.25) is 0 Å². The Morgan fingerprint density at radius 2 is 1.31 bits per heavy atom. The van der Waals surface area contributed by atoms with Gasteiger partial charge in [-0.2, -0.15) is 0 Å². The summed E-state index contributed by atoms with van der Waals surface area (Å²) in [6, 6.07) is 0. The molecule has 0 saturated heterocycles. The first-order valence-corrected chi connectivity index (χ1v) is 15.7. The van der Waals surface area contributed by atoms with E-state index in [4.69, 9.17) is 10.5 Å². The fourth-order valence-corrected chi connectivity index (χ4v) is 4.51. The SMILES string of the molecule is CCCCCCCC/C=C\CCCCCCCCCCCC(=O)OC[C@@H](O)COP(=O)(O)OCCN. The number of rotatable bonds is 27. The first-order chi connectivity index (χ1) is 17.4. The molecule has 214 valence electrons. The molecule has 8 nitrogen and oxygen atoms in total. The summed E-state index contributed by atoms with van der Waals surface area (Å²) in [4.78, 5) is 21.1. The fourth-order valence-electron chi connectivity index (χ4n) is 3.74. The van der Waals surface area contributed by atoms with Crippen molar-refractivity contribution in [3.63, 3.8) is 0 Å². The van der Waals surface area contributed by atoms with Gasteiger partial charge in [-0.1, -0.05) is 96.1 Å². The Labute approximate surface area is 220 Å². The zero-order valence-electron chi connectivity index (χ0n) is 22.7. The van der Waals surface area contributed by atoms with E-state index in [2.05, 4.69) is 28.1 Å². The van der Waals surface area contributed by atoms with E-state index in [0.717, 1.165) is 19.3 Å². The van der Waals surface area contributed by atoms with Crippen molar-refractivity contribution >= 4 is 13.8 Å². The Bertz CT molecular complexity index is 574. The van der Waals surface area contributed by atoms with Gasteiger partial charge in [0.25, 0.3) is 0 Å². The van der Waals surface area contributed by atoms with Gasteiger partial charge < -0.3 is 20.5 Å². The van der Waals surface area contributed by atoms with Crippen molar-refractivity contribution in [3.05, 3.63) is 12.2 Å². The molecule has 0 rings (SSSR count). The van der Waals surface area contributed by atoms with E-state index >= 15 is 0 Å². The number of ether oxygens (including phenoxy) is 1. The van der Waals surface area contributed by atoms with E-state index in [1.54, 1.807) is 0 Å². The van der Waals surface area contributed by atoms with Gasteiger partial charge in [-0.05, 0) is 32.1 Å². The quantitative estimate of drug-likeness (QED) is 0.0466. The van der Waals surface area contributed by atoms with Gasteiger partial charge in [-0.25, -0.2) is 4.57 Å². The second-order valence-electron chi connectivity index (χ2n) is 9.47. The lowest BCUT2D eigenvalue weighted by Gasteiger charge is -2.15. The monoisotopic (exact) mass is 535 g/mol. The molecule has 0 bridgehead atoms. The van der Waals surface area contributed by atoms with E-state index in [-0.39, 0.29) is 25.7 Å². The van der Waals surface area contributed by atoms with Gasteiger partial charge in [0.1, 0.15) is 12.7 Å². The molecule has 2 atom stereocenters. The van der Waals surface area contributed by atoms with Gasteiger partial charge in [0.15, 0.2) is 0 Å². The van der Waals surface area contributed by atoms with Crippen LogP contribution in [0, 0.1) is 0 Å². The number of aliphatic hydroxyl groups excluding tert-OH is 1. The molecular weight excluding hydrogens is 481 g/mol. The molecule has 0 aromatic heterocycles. The van der Waals surface area contributed by atoms with E-state index in [9.17, 15) is 19.4 Å². The second kappa shape index (κ2) is 25.9. The molecule has 36 heavy (non-hydrogen) atoms. The Morgan fingerprint density at radius 3 is 1.83 bits per heavy atom. The Morgan fingerprint density at radius 1 is 0.806 bits per heavy atom. The summed E-state index contributed by atoms with van der Waals surface area (Å²) in [6.07, 6.45) is 24.9.